The molecule has 0 saturated carbocycles. The standard InChI is InChI=1S/C31H22N2O2S2/c1-21-7-11-25(12-8-21)33(24-5-3-2-4-6-24)26-13-9-22(10-14-26)28-17-18-30(37-28)29-16-15-27(36-29)19-23(20-32)31(34)35/h2-19H,1H3,(H,34,35)/b23-19-. The second kappa shape index (κ2) is 10.7. The molecule has 0 aliphatic rings. The minimum Gasteiger partial charge on any atom is -0.477 e. The summed E-state index contributed by atoms with van der Waals surface area (Å²) in [6.45, 7) is 2.09. The van der Waals surface area contributed by atoms with E-state index in [0.29, 0.717) is 0 Å². The van der Waals surface area contributed by atoms with Crippen LogP contribution in [0.3, 0.4) is 0 Å². The Morgan fingerprint density at radius 2 is 1.32 bits per heavy atom. The molecule has 0 spiro atoms. The smallest absolute Gasteiger partial charge is 0.346 e. The molecule has 3 aromatic carbocycles. The molecule has 0 saturated heterocycles. The Hall–Kier alpha value is -4.44. The number of rotatable bonds is 7. The van der Waals surface area contributed by atoms with E-state index in [9.17, 15) is 4.79 Å². The largest absolute Gasteiger partial charge is 0.477 e. The van der Waals surface area contributed by atoms with Crippen molar-refractivity contribution in [2.24, 2.45) is 0 Å². The molecule has 0 fully saturated rings. The number of nitrogens with zero attached hydrogens (tertiary/aromatic N) is 2. The minimum atomic E-state index is -1.22. The van der Waals surface area contributed by atoms with Gasteiger partial charge in [-0.25, -0.2) is 4.79 Å². The zero-order chi connectivity index (χ0) is 25.8. The van der Waals surface area contributed by atoms with Crippen molar-refractivity contribution < 1.29 is 9.90 Å². The molecule has 2 heterocycles. The van der Waals surface area contributed by atoms with Crippen LogP contribution in [0, 0.1) is 18.3 Å². The lowest BCUT2D eigenvalue weighted by atomic mass is 10.1. The van der Waals surface area contributed by atoms with Crippen molar-refractivity contribution in [3.63, 3.8) is 0 Å². The summed E-state index contributed by atoms with van der Waals surface area (Å²) >= 11 is 3.16. The Balaban J connectivity index is 1.41. The normalized spacial score (nSPS) is 11.2. The fraction of sp³-hybridized carbons (Fsp3) is 0.0323. The maximum atomic E-state index is 11.1. The first-order valence-electron chi connectivity index (χ1n) is 11.6. The Bertz CT molecular complexity index is 1610. The van der Waals surface area contributed by atoms with Gasteiger partial charge < -0.3 is 10.0 Å². The van der Waals surface area contributed by atoms with Crippen molar-refractivity contribution >= 4 is 51.8 Å². The van der Waals surface area contributed by atoms with Crippen LogP contribution in [0.15, 0.2) is 109 Å². The van der Waals surface area contributed by atoms with E-state index in [1.807, 2.05) is 30.3 Å². The average molecular weight is 519 g/mol. The maximum Gasteiger partial charge on any atom is 0.346 e. The van der Waals surface area contributed by atoms with Crippen molar-refractivity contribution in [1.29, 1.82) is 5.26 Å². The van der Waals surface area contributed by atoms with Crippen molar-refractivity contribution in [3.8, 4) is 26.3 Å². The van der Waals surface area contributed by atoms with Gasteiger partial charge in [0.05, 0.1) is 0 Å². The topological polar surface area (TPSA) is 64.3 Å². The highest BCUT2D eigenvalue weighted by Crippen LogP contribution is 2.40. The summed E-state index contributed by atoms with van der Waals surface area (Å²) in [4.78, 5) is 17.4. The summed E-state index contributed by atoms with van der Waals surface area (Å²) < 4.78 is 0. The molecule has 0 aliphatic carbocycles. The van der Waals surface area contributed by atoms with Gasteiger partial charge in [0.25, 0.3) is 0 Å². The Morgan fingerprint density at radius 3 is 1.97 bits per heavy atom. The van der Waals surface area contributed by atoms with Crippen LogP contribution in [0.25, 0.3) is 26.3 Å². The molecule has 0 atom stereocenters. The molecule has 5 aromatic rings. The van der Waals surface area contributed by atoms with Gasteiger partial charge in [-0.05, 0) is 79.2 Å². The van der Waals surface area contributed by atoms with E-state index in [2.05, 4.69) is 84.6 Å². The summed E-state index contributed by atoms with van der Waals surface area (Å²) in [5, 5.41) is 18.1. The number of para-hydroxylation sites is 1. The number of nitriles is 1. The van der Waals surface area contributed by atoms with Crippen LogP contribution in [-0.4, -0.2) is 11.1 Å². The summed E-state index contributed by atoms with van der Waals surface area (Å²) in [5.41, 5.74) is 5.37. The van der Waals surface area contributed by atoms with Crippen molar-refractivity contribution in [1.82, 2.24) is 0 Å². The highest BCUT2D eigenvalue weighted by molar-refractivity contribution is 7.24. The fourth-order valence-corrected chi connectivity index (χ4v) is 6.02. The second-order valence-electron chi connectivity index (χ2n) is 8.39. The zero-order valence-electron chi connectivity index (χ0n) is 20.0. The Kier molecular flexibility index (Phi) is 7.00. The van der Waals surface area contributed by atoms with E-state index in [1.54, 1.807) is 17.4 Å². The average Bonchev–Trinajstić information content (AvgIpc) is 3.59. The molecule has 37 heavy (non-hydrogen) atoms. The lowest BCUT2D eigenvalue weighted by molar-refractivity contribution is -0.132. The van der Waals surface area contributed by atoms with E-state index in [-0.39, 0.29) is 5.57 Å². The molecule has 0 bridgehead atoms. The molecule has 0 amide bonds. The second-order valence-corrected chi connectivity index (χ2v) is 10.6. The number of anilines is 3. The van der Waals surface area contributed by atoms with Gasteiger partial charge in [0.2, 0.25) is 0 Å². The molecular weight excluding hydrogens is 496 g/mol. The van der Waals surface area contributed by atoms with E-state index in [4.69, 9.17) is 10.4 Å². The van der Waals surface area contributed by atoms with Gasteiger partial charge in [0.1, 0.15) is 11.6 Å². The lowest BCUT2D eigenvalue weighted by Gasteiger charge is -2.25. The first kappa shape index (κ1) is 24.3. The van der Waals surface area contributed by atoms with Gasteiger partial charge in [-0.1, -0.05) is 48.0 Å². The van der Waals surface area contributed by atoms with Gasteiger partial charge >= 0.3 is 5.97 Å². The maximum absolute atomic E-state index is 11.1. The van der Waals surface area contributed by atoms with Gasteiger partial charge in [-0.2, -0.15) is 5.26 Å². The van der Waals surface area contributed by atoms with Crippen LogP contribution in [0.5, 0.6) is 0 Å². The number of aliphatic carboxylic acids is 1. The Labute approximate surface area is 223 Å². The van der Waals surface area contributed by atoms with Crippen LogP contribution in [-0.2, 0) is 4.79 Å². The number of hydrogen-bond acceptors (Lipinski definition) is 5. The van der Waals surface area contributed by atoms with Crippen LogP contribution in [0.1, 0.15) is 10.4 Å². The minimum absolute atomic E-state index is 0.268. The van der Waals surface area contributed by atoms with Crippen molar-refractivity contribution in [2.75, 3.05) is 4.90 Å². The molecule has 2 aromatic heterocycles. The number of benzene rings is 3. The number of carbonyl (C=O) groups is 1. The predicted octanol–water partition coefficient (Wildman–Crippen LogP) is 8.91. The number of aryl methyl sites for hydroxylation is 1. The molecule has 4 nitrogen and oxygen atoms in total. The molecule has 180 valence electrons. The summed E-state index contributed by atoms with van der Waals surface area (Å²) in [7, 11) is 0. The van der Waals surface area contributed by atoms with Gasteiger partial charge in [-0.3, -0.25) is 0 Å². The number of thiophene rings is 2. The number of carboxylic acid groups (broad SMARTS) is 1. The van der Waals surface area contributed by atoms with Gasteiger partial charge in [0, 0.05) is 36.6 Å². The SMILES string of the molecule is Cc1ccc(N(c2ccccc2)c2ccc(-c3ccc(-c4ccc(/C=C(/C#N)C(=O)O)s4)s3)cc2)cc1. The molecule has 0 unspecified atom stereocenters. The number of carboxylic acids is 1. The first-order valence-corrected chi connectivity index (χ1v) is 13.2. The number of hydrogen-bond donors (Lipinski definition) is 1. The first-order chi connectivity index (χ1) is 18.0. The third-order valence-corrected chi connectivity index (χ3v) is 8.19. The lowest BCUT2D eigenvalue weighted by Crippen LogP contribution is -2.09. The van der Waals surface area contributed by atoms with Crippen LogP contribution < -0.4 is 4.90 Å². The van der Waals surface area contributed by atoms with Crippen molar-refractivity contribution in [2.45, 2.75) is 6.92 Å². The summed E-state index contributed by atoms with van der Waals surface area (Å²) in [6, 6.07) is 37.2. The van der Waals surface area contributed by atoms with E-state index in [0.717, 1.165) is 42.1 Å². The third-order valence-electron chi connectivity index (χ3n) is 5.83. The zero-order valence-corrected chi connectivity index (χ0v) is 21.6. The summed E-state index contributed by atoms with van der Waals surface area (Å²) in [5.74, 6) is -1.22. The summed E-state index contributed by atoms with van der Waals surface area (Å²) in [6.07, 6.45) is 1.41. The van der Waals surface area contributed by atoms with E-state index < -0.39 is 5.97 Å². The predicted molar refractivity (Wildman–Crippen MR) is 154 cm³/mol. The van der Waals surface area contributed by atoms with E-state index >= 15 is 0 Å². The van der Waals surface area contributed by atoms with Crippen LogP contribution in [0.4, 0.5) is 17.1 Å². The Morgan fingerprint density at radius 1 is 0.757 bits per heavy atom. The van der Waals surface area contributed by atoms with E-state index in [1.165, 1.54) is 23.0 Å². The monoisotopic (exact) mass is 518 g/mol. The molecule has 0 aliphatic heterocycles. The molecule has 0 radical (unpaired) electrons. The van der Waals surface area contributed by atoms with Gasteiger partial charge in [0.15, 0.2) is 0 Å². The molecule has 1 N–H and O–H groups in total. The molecular formula is C31H22N2O2S2. The van der Waals surface area contributed by atoms with Crippen LogP contribution >= 0.6 is 22.7 Å². The van der Waals surface area contributed by atoms with Gasteiger partial charge in [-0.15, -0.1) is 22.7 Å². The highest BCUT2D eigenvalue weighted by atomic mass is 32.1. The highest BCUT2D eigenvalue weighted by Gasteiger charge is 2.14. The van der Waals surface area contributed by atoms with Crippen LogP contribution in [0.2, 0.25) is 0 Å². The third kappa shape index (κ3) is 5.39. The quantitative estimate of drug-likeness (QED) is 0.173. The van der Waals surface area contributed by atoms with Crippen molar-refractivity contribution in [3.05, 3.63) is 119 Å². The molecule has 6 heteroatoms. The molecule has 5 rings (SSSR count). The fourth-order valence-electron chi connectivity index (χ4n) is 3.97.